The molecule has 18 heavy (non-hydrogen) atoms. The van der Waals surface area contributed by atoms with Crippen molar-refractivity contribution in [2.75, 3.05) is 31.1 Å². The van der Waals surface area contributed by atoms with E-state index < -0.39 is 0 Å². The molecule has 0 aliphatic carbocycles. The summed E-state index contributed by atoms with van der Waals surface area (Å²) in [5.74, 6) is 1.47. The SMILES string of the molecule is O=[N+]([O-])c1ccc(N2C[C@H]3CNC[C@H]3C2)cc1I. The van der Waals surface area contributed by atoms with Crippen LogP contribution in [0.3, 0.4) is 0 Å². The molecule has 0 amide bonds. The second kappa shape index (κ2) is 4.65. The largest absolute Gasteiger partial charge is 0.371 e. The Bertz CT molecular complexity index is 482. The van der Waals surface area contributed by atoms with Gasteiger partial charge in [-0.3, -0.25) is 10.1 Å². The van der Waals surface area contributed by atoms with Crippen LogP contribution in [0.5, 0.6) is 0 Å². The monoisotopic (exact) mass is 359 g/mol. The van der Waals surface area contributed by atoms with Gasteiger partial charge in [-0.05, 0) is 46.6 Å². The van der Waals surface area contributed by atoms with Crippen molar-refractivity contribution < 1.29 is 4.92 Å². The van der Waals surface area contributed by atoms with E-state index in [4.69, 9.17) is 0 Å². The summed E-state index contributed by atoms with van der Waals surface area (Å²) in [6.45, 7) is 4.33. The van der Waals surface area contributed by atoms with Crippen LogP contribution in [0.2, 0.25) is 0 Å². The first-order valence-corrected chi connectivity index (χ1v) is 7.12. The van der Waals surface area contributed by atoms with E-state index in [1.807, 2.05) is 34.7 Å². The van der Waals surface area contributed by atoms with Gasteiger partial charge in [0, 0.05) is 37.9 Å². The van der Waals surface area contributed by atoms with Crippen LogP contribution in [0.15, 0.2) is 18.2 Å². The molecule has 3 rings (SSSR count). The van der Waals surface area contributed by atoms with Crippen molar-refractivity contribution in [1.82, 2.24) is 5.32 Å². The zero-order valence-corrected chi connectivity index (χ0v) is 12.0. The van der Waals surface area contributed by atoms with Gasteiger partial charge >= 0.3 is 0 Å². The fourth-order valence-electron chi connectivity index (χ4n) is 2.91. The second-order valence-corrected chi connectivity index (χ2v) is 6.14. The number of fused-ring (bicyclic) bond motifs is 1. The summed E-state index contributed by atoms with van der Waals surface area (Å²) in [5.41, 5.74) is 1.31. The number of rotatable bonds is 2. The third-order valence-corrected chi connectivity index (χ3v) is 4.75. The number of hydrogen-bond acceptors (Lipinski definition) is 4. The highest BCUT2D eigenvalue weighted by atomic mass is 127. The Morgan fingerprint density at radius 2 is 2.00 bits per heavy atom. The molecule has 0 unspecified atom stereocenters. The minimum absolute atomic E-state index is 0.195. The molecule has 5 nitrogen and oxygen atoms in total. The molecule has 0 bridgehead atoms. The van der Waals surface area contributed by atoms with Gasteiger partial charge in [-0.1, -0.05) is 0 Å². The Hall–Kier alpha value is -0.890. The quantitative estimate of drug-likeness (QED) is 0.498. The maximum atomic E-state index is 10.8. The molecule has 2 fully saturated rings. The molecule has 96 valence electrons. The van der Waals surface area contributed by atoms with E-state index in [-0.39, 0.29) is 10.6 Å². The van der Waals surface area contributed by atoms with Crippen LogP contribution in [-0.4, -0.2) is 31.1 Å². The van der Waals surface area contributed by atoms with Crippen molar-refractivity contribution in [2.24, 2.45) is 11.8 Å². The van der Waals surface area contributed by atoms with Gasteiger partial charge < -0.3 is 10.2 Å². The fourth-order valence-corrected chi connectivity index (χ4v) is 3.60. The van der Waals surface area contributed by atoms with E-state index in [0.29, 0.717) is 3.57 Å². The summed E-state index contributed by atoms with van der Waals surface area (Å²) < 4.78 is 0.713. The fraction of sp³-hybridized carbons (Fsp3) is 0.500. The van der Waals surface area contributed by atoms with E-state index >= 15 is 0 Å². The molecule has 0 radical (unpaired) electrons. The van der Waals surface area contributed by atoms with E-state index in [0.717, 1.165) is 43.7 Å². The first-order valence-electron chi connectivity index (χ1n) is 6.05. The average molecular weight is 359 g/mol. The molecule has 0 spiro atoms. The number of nitrogens with one attached hydrogen (secondary N) is 1. The Labute approximate surface area is 119 Å². The van der Waals surface area contributed by atoms with Gasteiger partial charge in [-0.2, -0.15) is 0 Å². The minimum Gasteiger partial charge on any atom is -0.371 e. The summed E-state index contributed by atoms with van der Waals surface area (Å²) in [6.07, 6.45) is 0. The van der Waals surface area contributed by atoms with Gasteiger partial charge in [0.05, 0.1) is 8.49 Å². The summed E-state index contributed by atoms with van der Waals surface area (Å²) >= 11 is 2.04. The number of nitro groups is 1. The van der Waals surface area contributed by atoms with Crippen LogP contribution in [0, 0.1) is 25.5 Å². The zero-order valence-electron chi connectivity index (χ0n) is 9.80. The topological polar surface area (TPSA) is 58.4 Å². The lowest BCUT2D eigenvalue weighted by Crippen LogP contribution is -2.25. The van der Waals surface area contributed by atoms with Crippen LogP contribution in [0.1, 0.15) is 0 Å². The van der Waals surface area contributed by atoms with Gasteiger partial charge in [0.15, 0.2) is 0 Å². The van der Waals surface area contributed by atoms with Crippen LogP contribution in [0.4, 0.5) is 11.4 Å². The van der Waals surface area contributed by atoms with Gasteiger partial charge in [0.25, 0.3) is 5.69 Å². The van der Waals surface area contributed by atoms with Crippen LogP contribution < -0.4 is 10.2 Å². The highest BCUT2D eigenvalue weighted by Crippen LogP contribution is 2.33. The van der Waals surface area contributed by atoms with Crippen LogP contribution in [-0.2, 0) is 0 Å². The molecule has 0 aromatic heterocycles. The molecule has 2 heterocycles. The van der Waals surface area contributed by atoms with E-state index in [2.05, 4.69) is 10.2 Å². The van der Waals surface area contributed by atoms with Crippen molar-refractivity contribution in [3.63, 3.8) is 0 Å². The highest BCUT2D eigenvalue weighted by molar-refractivity contribution is 14.1. The highest BCUT2D eigenvalue weighted by Gasteiger charge is 2.36. The third kappa shape index (κ3) is 2.07. The summed E-state index contributed by atoms with van der Waals surface area (Å²) in [4.78, 5) is 12.8. The number of anilines is 1. The maximum Gasteiger partial charge on any atom is 0.282 e. The summed E-state index contributed by atoms with van der Waals surface area (Å²) in [6, 6.07) is 5.41. The van der Waals surface area contributed by atoms with Gasteiger partial charge in [-0.15, -0.1) is 0 Å². The maximum absolute atomic E-state index is 10.8. The number of nitro benzene ring substituents is 1. The van der Waals surface area contributed by atoms with Crippen LogP contribution in [0.25, 0.3) is 0 Å². The average Bonchev–Trinajstić information content (AvgIpc) is 2.87. The Morgan fingerprint density at radius 1 is 1.33 bits per heavy atom. The number of nitrogens with zero attached hydrogens (tertiary/aromatic N) is 2. The summed E-state index contributed by atoms with van der Waals surface area (Å²) in [5, 5.41) is 14.2. The molecular weight excluding hydrogens is 345 g/mol. The van der Waals surface area contributed by atoms with Gasteiger partial charge in [0.1, 0.15) is 0 Å². The van der Waals surface area contributed by atoms with Crippen molar-refractivity contribution in [3.8, 4) is 0 Å². The lowest BCUT2D eigenvalue weighted by Gasteiger charge is -2.19. The lowest BCUT2D eigenvalue weighted by molar-refractivity contribution is -0.385. The number of hydrogen-bond donors (Lipinski definition) is 1. The predicted molar refractivity (Wildman–Crippen MR) is 77.9 cm³/mol. The molecular formula is C12H14IN3O2. The van der Waals surface area contributed by atoms with Crippen molar-refractivity contribution in [1.29, 1.82) is 0 Å². The molecule has 2 atom stereocenters. The molecule has 2 aliphatic rings. The standard InChI is InChI=1S/C12H14IN3O2/c13-11-3-10(1-2-12(11)16(17)18)15-6-8-4-14-5-9(8)7-15/h1-3,8-9,14H,4-7H2/t8-,9+. The summed E-state index contributed by atoms with van der Waals surface area (Å²) in [7, 11) is 0. The van der Waals surface area contributed by atoms with E-state index in [1.165, 1.54) is 0 Å². The van der Waals surface area contributed by atoms with Crippen molar-refractivity contribution >= 4 is 34.0 Å². The molecule has 2 aliphatic heterocycles. The predicted octanol–water partition coefficient (Wildman–Crippen LogP) is 1.85. The van der Waals surface area contributed by atoms with Crippen molar-refractivity contribution in [2.45, 2.75) is 0 Å². The smallest absolute Gasteiger partial charge is 0.282 e. The lowest BCUT2D eigenvalue weighted by atomic mass is 10.0. The normalized spacial score (nSPS) is 26.4. The zero-order chi connectivity index (χ0) is 12.7. The molecule has 1 aromatic rings. The van der Waals surface area contributed by atoms with Gasteiger partial charge in [-0.25, -0.2) is 0 Å². The van der Waals surface area contributed by atoms with Crippen LogP contribution >= 0.6 is 22.6 Å². The van der Waals surface area contributed by atoms with Crippen molar-refractivity contribution in [3.05, 3.63) is 31.9 Å². The second-order valence-electron chi connectivity index (χ2n) is 4.98. The Balaban J connectivity index is 1.81. The van der Waals surface area contributed by atoms with E-state index in [1.54, 1.807) is 6.07 Å². The molecule has 1 aromatic carbocycles. The minimum atomic E-state index is -0.325. The number of halogens is 1. The molecule has 1 N–H and O–H groups in total. The van der Waals surface area contributed by atoms with Gasteiger partial charge in [0.2, 0.25) is 0 Å². The first-order chi connectivity index (χ1) is 8.65. The molecule has 0 saturated carbocycles. The molecule has 2 saturated heterocycles. The first kappa shape index (κ1) is 12.2. The number of benzene rings is 1. The third-order valence-electron chi connectivity index (χ3n) is 3.88. The Kier molecular flexibility index (Phi) is 3.14. The molecule has 6 heteroatoms. The van der Waals surface area contributed by atoms with E-state index in [9.17, 15) is 10.1 Å². The Morgan fingerprint density at radius 3 is 2.56 bits per heavy atom.